The maximum absolute atomic E-state index is 14.5. The van der Waals surface area contributed by atoms with E-state index in [2.05, 4.69) is 18.5 Å². The Hall–Kier alpha value is -3.49. The summed E-state index contributed by atoms with van der Waals surface area (Å²) in [5, 5.41) is 0.186. The average Bonchev–Trinajstić information content (AvgIpc) is 3.19. The number of aromatic nitrogens is 1. The minimum absolute atomic E-state index is 0.0166. The Morgan fingerprint density at radius 3 is 2.70 bits per heavy atom. The van der Waals surface area contributed by atoms with E-state index in [9.17, 15) is 14.0 Å². The number of unbranched alkanes of at least 4 members (excludes halogenated alkanes) is 1. The number of benzene rings is 2. The van der Waals surface area contributed by atoms with Crippen molar-refractivity contribution in [1.29, 1.82) is 0 Å². The minimum atomic E-state index is -0.795. The molecule has 4 rings (SSSR count). The molecule has 0 radical (unpaired) electrons. The van der Waals surface area contributed by atoms with Gasteiger partial charge in [-0.15, -0.1) is 0 Å². The molecule has 9 heteroatoms. The molecule has 1 aromatic heterocycles. The van der Waals surface area contributed by atoms with E-state index in [4.69, 9.17) is 21.1 Å². The summed E-state index contributed by atoms with van der Waals surface area (Å²) in [5.41, 5.74) is 1.04. The van der Waals surface area contributed by atoms with Gasteiger partial charge in [0.2, 0.25) is 0 Å². The lowest BCUT2D eigenvalue weighted by Crippen LogP contribution is -2.40. The number of ether oxygens (including phenoxy) is 2. The first kappa shape index (κ1) is 26.6. The van der Waals surface area contributed by atoms with Crippen LogP contribution in [0.5, 0.6) is 5.75 Å². The number of esters is 1. The molecule has 0 saturated heterocycles. The summed E-state index contributed by atoms with van der Waals surface area (Å²) in [6, 6.07) is 10.8. The van der Waals surface area contributed by atoms with Gasteiger partial charge in [0.25, 0.3) is 5.56 Å². The van der Waals surface area contributed by atoms with Crippen molar-refractivity contribution in [2.24, 2.45) is 4.99 Å². The molecule has 6 nitrogen and oxygen atoms in total. The monoisotopic (exact) mass is 540 g/mol. The number of halogens is 2. The molecule has 192 valence electrons. The Labute approximate surface area is 222 Å². The van der Waals surface area contributed by atoms with Crippen molar-refractivity contribution in [3.8, 4) is 5.75 Å². The molecule has 37 heavy (non-hydrogen) atoms. The highest BCUT2D eigenvalue weighted by atomic mass is 35.5. The van der Waals surface area contributed by atoms with Crippen LogP contribution in [-0.4, -0.2) is 23.8 Å². The van der Waals surface area contributed by atoms with E-state index in [0.717, 1.165) is 24.2 Å². The molecule has 0 spiro atoms. The smallest absolute Gasteiger partial charge is 0.338 e. The van der Waals surface area contributed by atoms with Gasteiger partial charge in [-0.3, -0.25) is 9.36 Å². The second kappa shape index (κ2) is 11.7. The van der Waals surface area contributed by atoms with Gasteiger partial charge in [0.15, 0.2) is 4.80 Å². The SMILES string of the molecule is C=CCOC(=O)C1=C(C)N=c2sc(=Cc3c(F)cccc3Cl)c(=O)n2C1c1ccc(OCCCC)cc1. The highest BCUT2D eigenvalue weighted by Gasteiger charge is 2.33. The van der Waals surface area contributed by atoms with Gasteiger partial charge < -0.3 is 9.47 Å². The number of hydrogen-bond donors (Lipinski definition) is 0. The van der Waals surface area contributed by atoms with Gasteiger partial charge in [0, 0.05) is 5.56 Å². The summed E-state index contributed by atoms with van der Waals surface area (Å²) >= 11 is 7.29. The number of nitrogens with zero attached hydrogens (tertiary/aromatic N) is 2. The summed E-state index contributed by atoms with van der Waals surface area (Å²) in [4.78, 5) is 31.7. The van der Waals surface area contributed by atoms with Crippen LogP contribution in [0.4, 0.5) is 4.39 Å². The zero-order chi connectivity index (χ0) is 26.5. The predicted molar refractivity (Wildman–Crippen MR) is 143 cm³/mol. The number of allylic oxidation sites excluding steroid dienone is 1. The van der Waals surface area contributed by atoms with E-state index in [0.29, 0.717) is 28.4 Å². The Balaban J connectivity index is 1.86. The molecule has 1 unspecified atom stereocenters. The zero-order valence-electron chi connectivity index (χ0n) is 20.5. The lowest BCUT2D eigenvalue weighted by Gasteiger charge is -2.24. The van der Waals surface area contributed by atoms with Crippen LogP contribution in [0.2, 0.25) is 5.02 Å². The Morgan fingerprint density at radius 1 is 1.27 bits per heavy atom. The third kappa shape index (κ3) is 5.60. The maximum Gasteiger partial charge on any atom is 0.338 e. The third-order valence-corrected chi connectivity index (χ3v) is 7.12. The molecule has 1 aliphatic rings. The summed E-state index contributed by atoms with van der Waals surface area (Å²) in [6.45, 7) is 7.99. The summed E-state index contributed by atoms with van der Waals surface area (Å²) in [7, 11) is 0. The van der Waals surface area contributed by atoms with Crippen LogP contribution in [0.3, 0.4) is 0 Å². The lowest BCUT2D eigenvalue weighted by molar-refractivity contribution is -0.138. The van der Waals surface area contributed by atoms with Gasteiger partial charge in [0.05, 0.1) is 33.5 Å². The van der Waals surface area contributed by atoms with Crippen molar-refractivity contribution >= 4 is 35.0 Å². The molecule has 1 atom stereocenters. The first-order valence-electron chi connectivity index (χ1n) is 11.8. The Kier molecular flexibility index (Phi) is 8.41. The van der Waals surface area contributed by atoms with E-state index in [1.807, 2.05) is 24.3 Å². The fraction of sp³-hybridized carbons (Fsp3) is 0.250. The fourth-order valence-corrected chi connectivity index (χ4v) is 5.22. The second-order valence-corrected chi connectivity index (χ2v) is 9.79. The topological polar surface area (TPSA) is 69.9 Å². The lowest BCUT2D eigenvalue weighted by atomic mass is 9.96. The predicted octanol–water partition coefficient (Wildman–Crippen LogP) is 4.94. The van der Waals surface area contributed by atoms with Crippen molar-refractivity contribution in [2.45, 2.75) is 32.7 Å². The number of fused-ring (bicyclic) bond motifs is 1. The number of carbonyl (C=O) groups is 1. The molecule has 0 saturated carbocycles. The molecule has 0 N–H and O–H groups in total. The summed E-state index contributed by atoms with van der Waals surface area (Å²) in [6.07, 6.45) is 4.84. The quantitative estimate of drug-likeness (QED) is 0.219. The first-order valence-corrected chi connectivity index (χ1v) is 13.0. The van der Waals surface area contributed by atoms with E-state index in [-0.39, 0.29) is 27.3 Å². The number of rotatable bonds is 9. The van der Waals surface area contributed by atoms with Crippen LogP contribution < -0.4 is 19.6 Å². The van der Waals surface area contributed by atoms with Crippen LogP contribution in [0, 0.1) is 5.82 Å². The van der Waals surface area contributed by atoms with Crippen LogP contribution in [0.1, 0.15) is 43.9 Å². The molecule has 2 heterocycles. The number of thiazole rings is 1. The largest absolute Gasteiger partial charge is 0.494 e. The van der Waals surface area contributed by atoms with E-state index >= 15 is 0 Å². The molecule has 0 fully saturated rings. The van der Waals surface area contributed by atoms with Crippen LogP contribution >= 0.6 is 22.9 Å². The van der Waals surface area contributed by atoms with E-state index < -0.39 is 23.4 Å². The highest BCUT2D eigenvalue weighted by molar-refractivity contribution is 7.07. The highest BCUT2D eigenvalue weighted by Crippen LogP contribution is 2.31. The third-order valence-electron chi connectivity index (χ3n) is 5.81. The fourth-order valence-electron chi connectivity index (χ4n) is 3.97. The van der Waals surface area contributed by atoms with Crippen molar-refractivity contribution < 1.29 is 18.7 Å². The molecule has 1 aliphatic heterocycles. The van der Waals surface area contributed by atoms with Gasteiger partial charge in [-0.2, -0.15) is 0 Å². The number of carbonyl (C=O) groups excluding carboxylic acids is 1. The molecule has 0 aliphatic carbocycles. The molecular formula is C28H26ClFN2O4S. The Bertz CT molecular complexity index is 1520. The minimum Gasteiger partial charge on any atom is -0.494 e. The van der Waals surface area contributed by atoms with E-state index in [1.54, 1.807) is 13.0 Å². The molecular weight excluding hydrogens is 515 g/mol. The van der Waals surface area contributed by atoms with Gasteiger partial charge in [-0.05, 0) is 49.2 Å². The van der Waals surface area contributed by atoms with Crippen molar-refractivity contribution in [2.75, 3.05) is 13.2 Å². The second-order valence-electron chi connectivity index (χ2n) is 8.38. The van der Waals surface area contributed by atoms with E-state index in [1.165, 1.54) is 28.9 Å². The molecule has 0 amide bonds. The van der Waals surface area contributed by atoms with Gasteiger partial charge >= 0.3 is 5.97 Å². The normalized spacial score (nSPS) is 15.2. The first-order chi connectivity index (χ1) is 17.8. The van der Waals surface area contributed by atoms with Crippen LogP contribution in [0.25, 0.3) is 6.08 Å². The standard InChI is InChI=1S/C28H26ClFN2O4S/c1-4-6-15-35-19-12-10-18(11-13-19)25-24(27(34)36-14-5-2)17(3)31-28-32(25)26(33)23(37-28)16-20-21(29)8-7-9-22(20)30/h5,7-13,16,25H,2,4,6,14-15H2,1,3H3. The maximum atomic E-state index is 14.5. The molecule has 2 aromatic carbocycles. The van der Waals surface area contributed by atoms with Gasteiger partial charge in [-0.1, -0.05) is 67.1 Å². The molecule has 0 bridgehead atoms. The van der Waals surface area contributed by atoms with Gasteiger partial charge in [0.1, 0.15) is 18.2 Å². The van der Waals surface area contributed by atoms with Gasteiger partial charge in [-0.25, -0.2) is 14.2 Å². The van der Waals surface area contributed by atoms with Crippen LogP contribution in [-0.2, 0) is 9.53 Å². The van der Waals surface area contributed by atoms with Crippen molar-refractivity contribution in [3.63, 3.8) is 0 Å². The van der Waals surface area contributed by atoms with Crippen molar-refractivity contribution in [1.82, 2.24) is 4.57 Å². The van der Waals surface area contributed by atoms with Crippen LogP contribution in [0.15, 0.2) is 76.2 Å². The molecule has 3 aromatic rings. The van der Waals surface area contributed by atoms with Crippen molar-refractivity contribution in [3.05, 3.63) is 108 Å². The summed E-state index contributed by atoms with van der Waals surface area (Å²) < 4.78 is 27.3. The average molecular weight is 541 g/mol. The summed E-state index contributed by atoms with van der Waals surface area (Å²) in [5.74, 6) is -0.449. The zero-order valence-corrected chi connectivity index (χ0v) is 22.1. The number of hydrogen-bond acceptors (Lipinski definition) is 6. The Morgan fingerprint density at radius 2 is 2.03 bits per heavy atom.